The Morgan fingerprint density at radius 1 is 1.25 bits per heavy atom. The van der Waals surface area contributed by atoms with Crippen molar-refractivity contribution in [1.29, 1.82) is 0 Å². The number of carbonyl (C=O) groups excluding carboxylic acids is 1. The van der Waals surface area contributed by atoms with E-state index in [1.165, 1.54) is 0 Å². The molecule has 0 spiro atoms. The fourth-order valence-electron chi connectivity index (χ4n) is 3.86. The van der Waals surface area contributed by atoms with Crippen LogP contribution in [0.2, 0.25) is 0 Å². The van der Waals surface area contributed by atoms with Crippen LogP contribution in [0.1, 0.15) is 18.9 Å². The van der Waals surface area contributed by atoms with Crippen LogP contribution in [0.3, 0.4) is 0 Å². The first-order valence-electron chi connectivity index (χ1n) is 9.31. The van der Waals surface area contributed by atoms with Gasteiger partial charge in [-0.3, -0.25) is 4.79 Å². The van der Waals surface area contributed by atoms with Gasteiger partial charge in [0, 0.05) is 12.6 Å². The molecule has 2 aliphatic rings. The Labute approximate surface area is 164 Å². The molecule has 28 heavy (non-hydrogen) atoms. The zero-order valence-corrected chi connectivity index (χ0v) is 16.6. The number of anilines is 2. The smallest absolute Gasteiger partial charge is 0.247 e. The highest BCUT2D eigenvalue weighted by Crippen LogP contribution is 2.37. The van der Waals surface area contributed by atoms with Crippen molar-refractivity contribution in [1.82, 2.24) is 4.72 Å². The van der Waals surface area contributed by atoms with E-state index in [4.69, 9.17) is 4.74 Å². The Morgan fingerprint density at radius 3 is 2.82 bits per heavy atom. The Morgan fingerprint density at radius 2 is 2.04 bits per heavy atom. The number of benzene rings is 2. The largest absolute Gasteiger partial charge is 0.492 e. The molecule has 4 rings (SSSR count). The second kappa shape index (κ2) is 7.10. The molecule has 0 radical (unpaired) electrons. The van der Waals surface area contributed by atoms with Gasteiger partial charge in [-0.25, -0.2) is 13.1 Å². The van der Waals surface area contributed by atoms with Crippen molar-refractivity contribution in [2.24, 2.45) is 0 Å². The Hall–Kier alpha value is -2.58. The van der Waals surface area contributed by atoms with Gasteiger partial charge in [0.2, 0.25) is 15.9 Å². The molecule has 0 aliphatic carbocycles. The first-order chi connectivity index (χ1) is 13.4. The molecule has 2 aromatic rings. The third-order valence-corrected chi connectivity index (χ3v) is 6.63. The van der Waals surface area contributed by atoms with E-state index in [1.807, 2.05) is 49.1 Å². The lowest BCUT2D eigenvalue weighted by atomic mass is 10.1. The summed E-state index contributed by atoms with van der Waals surface area (Å²) >= 11 is 0. The molecule has 2 unspecified atom stereocenters. The number of hydrogen-bond acceptors (Lipinski definition) is 5. The number of carbonyl (C=O) groups is 1. The number of nitrogens with one attached hydrogen (secondary N) is 2. The number of para-hydroxylation sites is 2. The van der Waals surface area contributed by atoms with E-state index in [-0.39, 0.29) is 22.9 Å². The normalized spacial score (nSPS) is 21.1. The van der Waals surface area contributed by atoms with Crippen molar-refractivity contribution in [3.05, 3.63) is 48.0 Å². The van der Waals surface area contributed by atoms with Gasteiger partial charge in [-0.15, -0.1) is 0 Å². The van der Waals surface area contributed by atoms with E-state index >= 15 is 0 Å². The predicted molar refractivity (Wildman–Crippen MR) is 107 cm³/mol. The van der Waals surface area contributed by atoms with Gasteiger partial charge in [-0.1, -0.05) is 18.2 Å². The van der Waals surface area contributed by atoms with E-state index in [2.05, 4.69) is 10.0 Å². The van der Waals surface area contributed by atoms with Gasteiger partial charge in [0.05, 0.1) is 18.0 Å². The van der Waals surface area contributed by atoms with Gasteiger partial charge in [0.15, 0.2) is 0 Å². The second-order valence-electron chi connectivity index (χ2n) is 7.11. The maximum Gasteiger partial charge on any atom is 0.247 e. The lowest BCUT2D eigenvalue weighted by molar-refractivity contribution is -0.117. The highest BCUT2D eigenvalue weighted by molar-refractivity contribution is 7.89. The highest BCUT2D eigenvalue weighted by Gasteiger charge is 2.42. The summed E-state index contributed by atoms with van der Waals surface area (Å²) in [5.74, 6) is 0.227. The number of rotatable bonds is 5. The summed E-state index contributed by atoms with van der Waals surface area (Å²) in [6.45, 7) is 4.46. The molecule has 2 heterocycles. The third kappa shape index (κ3) is 3.33. The van der Waals surface area contributed by atoms with E-state index < -0.39 is 10.0 Å². The van der Waals surface area contributed by atoms with Crippen molar-refractivity contribution < 1.29 is 17.9 Å². The quantitative estimate of drug-likeness (QED) is 0.803. The van der Waals surface area contributed by atoms with E-state index in [1.54, 1.807) is 12.1 Å². The van der Waals surface area contributed by atoms with Gasteiger partial charge < -0.3 is 15.0 Å². The summed E-state index contributed by atoms with van der Waals surface area (Å²) < 4.78 is 34.4. The van der Waals surface area contributed by atoms with Crippen LogP contribution in [0.4, 0.5) is 11.4 Å². The van der Waals surface area contributed by atoms with Crippen molar-refractivity contribution in [2.75, 3.05) is 23.4 Å². The molecule has 148 valence electrons. The molecule has 2 N–H and O–H groups in total. The standard InChI is InChI=1S/C20H23N3O4S/c1-3-27-18-9-8-13(2)10-19(18)28(25,26)22-14-11-17-20(24)21-15-6-4-5-7-16(15)23(17)12-14/h4-10,14,17,22H,3,11-12H2,1-2H3,(H,21,24). The van der Waals surface area contributed by atoms with Gasteiger partial charge >= 0.3 is 0 Å². The molecular formula is C20H23N3O4S. The Kier molecular flexibility index (Phi) is 4.76. The van der Waals surface area contributed by atoms with Crippen LogP contribution < -0.4 is 19.7 Å². The van der Waals surface area contributed by atoms with Crippen LogP contribution in [0.5, 0.6) is 5.75 Å². The molecule has 1 amide bonds. The first kappa shape index (κ1) is 18.8. The predicted octanol–water partition coefficient (Wildman–Crippen LogP) is 2.27. The van der Waals surface area contributed by atoms with Gasteiger partial charge in [-0.05, 0) is 50.1 Å². The SMILES string of the molecule is CCOc1ccc(C)cc1S(=O)(=O)NC1CC2C(=O)Nc3ccccc3N2C1. The minimum absolute atomic E-state index is 0.106. The van der Waals surface area contributed by atoms with Gasteiger partial charge in [0.1, 0.15) is 16.7 Å². The Bertz CT molecular complexity index is 1020. The monoisotopic (exact) mass is 401 g/mol. The van der Waals surface area contributed by atoms with E-state index in [0.29, 0.717) is 25.3 Å². The zero-order chi connectivity index (χ0) is 19.9. The average molecular weight is 401 g/mol. The summed E-state index contributed by atoms with van der Waals surface area (Å²) in [5, 5.41) is 2.90. The maximum atomic E-state index is 13.1. The summed E-state index contributed by atoms with van der Waals surface area (Å²) in [4.78, 5) is 14.6. The van der Waals surface area contributed by atoms with Crippen LogP contribution in [-0.2, 0) is 14.8 Å². The van der Waals surface area contributed by atoms with Crippen LogP contribution in [0.25, 0.3) is 0 Å². The molecule has 2 atom stereocenters. The van der Waals surface area contributed by atoms with Gasteiger partial charge in [0.25, 0.3) is 0 Å². The molecule has 0 saturated carbocycles. The molecule has 7 nitrogen and oxygen atoms in total. The summed E-state index contributed by atoms with van der Waals surface area (Å²) in [5.41, 5.74) is 2.50. The molecule has 0 bridgehead atoms. The lowest BCUT2D eigenvalue weighted by Gasteiger charge is -2.32. The van der Waals surface area contributed by atoms with Crippen molar-refractivity contribution in [2.45, 2.75) is 37.2 Å². The fraction of sp³-hybridized carbons (Fsp3) is 0.350. The second-order valence-corrected chi connectivity index (χ2v) is 8.79. The van der Waals surface area contributed by atoms with Crippen molar-refractivity contribution >= 4 is 27.3 Å². The topological polar surface area (TPSA) is 87.7 Å². The Balaban J connectivity index is 1.59. The number of ether oxygens (including phenoxy) is 1. The molecule has 2 aliphatic heterocycles. The minimum atomic E-state index is -3.79. The number of aryl methyl sites for hydroxylation is 1. The highest BCUT2D eigenvalue weighted by atomic mass is 32.2. The molecule has 8 heteroatoms. The lowest BCUT2D eigenvalue weighted by Crippen LogP contribution is -2.44. The molecular weight excluding hydrogens is 378 g/mol. The number of sulfonamides is 1. The number of amides is 1. The molecule has 0 aromatic heterocycles. The number of fused-ring (bicyclic) bond motifs is 3. The molecule has 1 saturated heterocycles. The van der Waals surface area contributed by atoms with E-state index in [9.17, 15) is 13.2 Å². The van der Waals surface area contributed by atoms with Crippen LogP contribution in [0, 0.1) is 6.92 Å². The van der Waals surface area contributed by atoms with Crippen molar-refractivity contribution in [3.63, 3.8) is 0 Å². The zero-order valence-electron chi connectivity index (χ0n) is 15.8. The average Bonchev–Trinajstić information content (AvgIpc) is 3.07. The number of nitrogens with zero attached hydrogens (tertiary/aromatic N) is 1. The minimum Gasteiger partial charge on any atom is -0.492 e. The van der Waals surface area contributed by atoms with E-state index in [0.717, 1.165) is 16.9 Å². The van der Waals surface area contributed by atoms with Crippen molar-refractivity contribution in [3.8, 4) is 5.75 Å². The fourth-order valence-corrected chi connectivity index (χ4v) is 5.33. The van der Waals surface area contributed by atoms with Crippen LogP contribution >= 0.6 is 0 Å². The first-order valence-corrected chi connectivity index (χ1v) is 10.8. The van der Waals surface area contributed by atoms with Gasteiger partial charge in [-0.2, -0.15) is 0 Å². The summed E-state index contributed by atoms with van der Waals surface area (Å²) in [7, 11) is -3.79. The van der Waals surface area contributed by atoms with Crippen LogP contribution in [-0.4, -0.2) is 39.6 Å². The summed E-state index contributed by atoms with van der Waals surface area (Å²) in [6.07, 6.45) is 0.412. The van der Waals surface area contributed by atoms with Crippen LogP contribution in [0.15, 0.2) is 47.4 Å². The molecule has 2 aromatic carbocycles. The third-order valence-electron chi connectivity index (χ3n) is 5.09. The maximum absolute atomic E-state index is 13.1. The molecule has 1 fully saturated rings. The summed E-state index contributed by atoms with van der Waals surface area (Å²) in [6, 6.07) is 11.9. The number of hydrogen-bond donors (Lipinski definition) is 2.